The molecule has 0 saturated heterocycles. The molecule has 0 spiro atoms. The number of carbonyl (C=O) groups is 2. The molecule has 0 radical (unpaired) electrons. The lowest BCUT2D eigenvalue weighted by atomic mass is 10.1. The summed E-state index contributed by atoms with van der Waals surface area (Å²) in [7, 11) is 1.55. The van der Waals surface area contributed by atoms with Crippen LogP contribution in [0.4, 0.5) is 5.69 Å². The van der Waals surface area contributed by atoms with E-state index in [4.69, 9.17) is 21.6 Å². The molecule has 164 valence electrons. The zero-order valence-electron chi connectivity index (χ0n) is 17.6. The van der Waals surface area contributed by atoms with E-state index < -0.39 is 0 Å². The third kappa shape index (κ3) is 5.76. The van der Waals surface area contributed by atoms with Crippen LogP contribution in [0.15, 0.2) is 54.7 Å². The highest BCUT2D eigenvalue weighted by atomic mass is 35.5. The molecule has 0 unspecified atom stereocenters. The molecule has 2 aromatic carbocycles. The fourth-order valence-electron chi connectivity index (χ4n) is 3.25. The van der Waals surface area contributed by atoms with Gasteiger partial charge in [0, 0.05) is 54.6 Å². The quantitative estimate of drug-likeness (QED) is 0.376. The highest BCUT2D eigenvalue weighted by Gasteiger charge is 2.11. The summed E-state index contributed by atoms with van der Waals surface area (Å²) in [4.78, 5) is 24.6. The number of hydrogen-bond donors (Lipinski definition) is 2. The number of halogens is 1. The van der Waals surface area contributed by atoms with E-state index in [0.717, 1.165) is 16.5 Å². The highest BCUT2D eigenvalue weighted by Crippen LogP contribution is 2.24. The second kappa shape index (κ2) is 11.1. The van der Waals surface area contributed by atoms with Crippen molar-refractivity contribution in [2.45, 2.75) is 13.0 Å². The number of fused-ring (bicyclic) bond motifs is 1. The molecular weight excluding hydrogens is 428 g/mol. The lowest BCUT2D eigenvalue weighted by molar-refractivity contribution is -0.111. The SMILES string of the molecule is COCCNC(=O)c1ccc(NC(=O)/C=C/c2cn(CCC#N)c3ccccc23)cc1Cl. The van der Waals surface area contributed by atoms with Gasteiger partial charge in [0.25, 0.3) is 5.91 Å². The predicted octanol–water partition coefficient (Wildman–Crippen LogP) is 4.24. The van der Waals surface area contributed by atoms with Crippen molar-refractivity contribution in [3.05, 3.63) is 70.9 Å². The Morgan fingerprint density at radius 3 is 2.81 bits per heavy atom. The van der Waals surface area contributed by atoms with Crippen LogP contribution in [-0.2, 0) is 16.1 Å². The van der Waals surface area contributed by atoms with E-state index >= 15 is 0 Å². The van der Waals surface area contributed by atoms with Crippen LogP contribution in [0.5, 0.6) is 0 Å². The number of rotatable bonds is 9. The number of ether oxygens (including phenoxy) is 1. The zero-order valence-corrected chi connectivity index (χ0v) is 18.4. The molecule has 3 rings (SSSR count). The summed E-state index contributed by atoms with van der Waals surface area (Å²) in [6.07, 6.45) is 5.51. The maximum absolute atomic E-state index is 12.4. The number of anilines is 1. The van der Waals surface area contributed by atoms with Crippen molar-refractivity contribution in [2.75, 3.05) is 25.6 Å². The normalized spacial score (nSPS) is 10.9. The first-order chi connectivity index (χ1) is 15.5. The number of nitriles is 1. The van der Waals surface area contributed by atoms with Gasteiger partial charge in [-0.05, 0) is 30.3 Å². The van der Waals surface area contributed by atoms with Crippen LogP contribution in [0.2, 0.25) is 5.02 Å². The zero-order chi connectivity index (χ0) is 22.9. The minimum Gasteiger partial charge on any atom is -0.383 e. The second-order valence-electron chi connectivity index (χ2n) is 6.97. The van der Waals surface area contributed by atoms with Crippen LogP contribution >= 0.6 is 11.6 Å². The first-order valence-electron chi connectivity index (χ1n) is 10.0. The third-order valence-electron chi connectivity index (χ3n) is 4.77. The Hall–Kier alpha value is -3.60. The molecule has 1 heterocycles. The Kier molecular flexibility index (Phi) is 8.03. The van der Waals surface area contributed by atoms with Crippen molar-refractivity contribution in [1.29, 1.82) is 5.26 Å². The fourth-order valence-corrected chi connectivity index (χ4v) is 3.52. The Balaban J connectivity index is 1.69. The summed E-state index contributed by atoms with van der Waals surface area (Å²) >= 11 is 6.22. The van der Waals surface area contributed by atoms with Gasteiger partial charge in [0.15, 0.2) is 0 Å². The molecule has 3 aromatic rings. The molecule has 0 atom stereocenters. The summed E-state index contributed by atoms with van der Waals surface area (Å²) in [5.74, 6) is -0.634. The Labute approximate surface area is 191 Å². The molecule has 0 saturated carbocycles. The monoisotopic (exact) mass is 450 g/mol. The summed E-state index contributed by atoms with van der Waals surface area (Å²) in [6, 6.07) is 14.7. The van der Waals surface area contributed by atoms with Crippen molar-refractivity contribution >= 4 is 46.1 Å². The Bertz CT molecular complexity index is 1190. The molecule has 8 heteroatoms. The number of benzene rings is 2. The van der Waals surface area contributed by atoms with E-state index in [2.05, 4.69) is 16.7 Å². The number of nitrogens with one attached hydrogen (secondary N) is 2. The van der Waals surface area contributed by atoms with Crippen molar-refractivity contribution in [3.8, 4) is 6.07 Å². The standard InChI is InChI=1S/C24H23ClN4O3/c1-32-14-12-27-24(31)20-9-8-18(15-21(20)25)28-23(30)10-7-17-16-29(13-4-11-26)22-6-3-2-5-19(17)22/h2-3,5-10,15-16H,4,12-14H2,1H3,(H,27,31)(H,28,30)/b10-7+. The van der Waals surface area contributed by atoms with E-state index in [1.165, 1.54) is 12.1 Å². The first kappa shape index (κ1) is 23.1. The lowest BCUT2D eigenvalue weighted by Crippen LogP contribution is -2.27. The maximum atomic E-state index is 12.4. The van der Waals surface area contributed by atoms with Gasteiger partial charge in [-0.2, -0.15) is 5.26 Å². The third-order valence-corrected chi connectivity index (χ3v) is 5.08. The van der Waals surface area contributed by atoms with Crippen LogP contribution < -0.4 is 10.6 Å². The fraction of sp³-hybridized carbons (Fsp3) is 0.208. The first-order valence-corrected chi connectivity index (χ1v) is 10.4. The smallest absolute Gasteiger partial charge is 0.252 e. The maximum Gasteiger partial charge on any atom is 0.252 e. The van der Waals surface area contributed by atoms with E-state index in [1.807, 2.05) is 35.0 Å². The van der Waals surface area contributed by atoms with Gasteiger partial charge >= 0.3 is 0 Å². The van der Waals surface area contributed by atoms with Crippen molar-refractivity contribution in [2.24, 2.45) is 0 Å². The number of nitrogens with zero attached hydrogens (tertiary/aromatic N) is 2. The van der Waals surface area contributed by atoms with Crippen molar-refractivity contribution < 1.29 is 14.3 Å². The van der Waals surface area contributed by atoms with Crippen LogP contribution in [0.1, 0.15) is 22.3 Å². The molecule has 1 aromatic heterocycles. The minimum absolute atomic E-state index is 0.238. The van der Waals surface area contributed by atoms with Crippen molar-refractivity contribution in [1.82, 2.24) is 9.88 Å². The van der Waals surface area contributed by atoms with Gasteiger partial charge in [-0.3, -0.25) is 9.59 Å². The number of aromatic nitrogens is 1. The molecular formula is C24H23ClN4O3. The number of methoxy groups -OCH3 is 1. The van der Waals surface area contributed by atoms with Gasteiger partial charge in [-0.25, -0.2) is 0 Å². The van der Waals surface area contributed by atoms with Crippen LogP contribution in [0.3, 0.4) is 0 Å². The van der Waals surface area contributed by atoms with Gasteiger partial charge in [0.1, 0.15) is 0 Å². The van der Waals surface area contributed by atoms with Gasteiger partial charge in [0.05, 0.1) is 29.7 Å². The predicted molar refractivity (Wildman–Crippen MR) is 125 cm³/mol. The van der Waals surface area contributed by atoms with E-state index in [-0.39, 0.29) is 16.8 Å². The molecule has 0 aliphatic heterocycles. The van der Waals surface area contributed by atoms with Crippen LogP contribution in [0, 0.1) is 11.3 Å². The lowest BCUT2D eigenvalue weighted by Gasteiger charge is -2.08. The van der Waals surface area contributed by atoms with Gasteiger partial charge in [-0.1, -0.05) is 29.8 Å². The summed E-state index contributed by atoms with van der Waals surface area (Å²) < 4.78 is 6.91. The summed E-state index contributed by atoms with van der Waals surface area (Å²) in [5, 5.41) is 15.6. The number of hydrogen-bond acceptors (Lipinski definition) is 4. The Morgan fingerprint density at radius 1 is 1.25 bits per heavy atom. The molecule has 0 bridgehead atoms. The average molecular weight is 451 g/mol. The summed E-state index contributed by atoms with van der Waals surface area (Å²) in [6.45, 7) is 1.36. The topological polar surface area (TPSA) is 96.2 Å². The van der Waals surface area contributed by atoms with Gasteiger partial charge in [-0.15, -0.1) is 0 Å². The van der Waals surface area contributed by atoms with E-state index in [0.29, 0.717) is 37.4 Å². The summed E-state index contributed by atoms with van der Waals surface area (Å²) in [5.41, 5.74) is 2.69. The molecule has 0 fully saturated rings. The average Bonchev–Trinajstić information content (AvgIpc) is 3.14. The van der Waals surface area contributed by atoms with Gasteiger partial charge < -0.3 is 19.9 Å². The molecule has 7 nitrogen and oxygen atoms in total. The van der Waals surface area contributed by atoms with Crippen LogP contribution in [0.25, 0.3) is 17.0 Å². The van der Waals surface area contributed by atoms with Crippen LogP contribution in [-0.4, -0.2) is 36.6 Å². The highest BCUT2D eigenvalue weighted by molar-refractivity contribution is 6.34. The molecule has 2 N–H and O–H groups in total. The number of aryl methyl sites for hydroxylation is 1. The number of carbonyl (C=O) groups excluding carboxylic acids is 2. The molecule has 2 amide bonds. The number of para-hydroxylation sites is 1. The minimum atomic E-state index is -0.327. The van der Waals surface area contributed by atoms with E-state index in [1.54, 1.807) is 25.3 Å². The van der Waals surface area contributed by atoms with E-state index in [9.17, 15) is 9.59 Å². The molecule has 0 aliphatic rings. The largest absolute Gasteiger partial charge is 0.383 e. The van der Waals surface area contributed by atoms with Gasteiger partial charge in [0.2, 0.25) is 5.91 Å². The number of amides is 2. The Morgan fingerprint density at radius 2 is 2.06 bits per heavy atom. The second-order valence-corrected chi connectivity index (χ2v) is 7.38. The van der Waals surface area contributed by atoms with Crippen molar-refractivity contribution in [3.63, 3.8) is 0 Å². The molecule has 0 aliphatic carbocycles. The molecule has 32 heavy (non-hydrogen) atoms.